The Morgan fingerprint density at radius 1 is 1.17 bits per heavy atom. The van der Waals surface area contributed by atoms with Gasteiger partial charge >= 0.3 is 0 Å². The van der Waals surface area contributed by atoms with E-state index in [9.17, 15) is 22.4 Å². The zero-order valence-corrected chi connectivity index (χ0v) is 21.3. The summed E-state index contributed by atoms with van der Waals surface area (Å²) in [6.07, 6.45) is 2.29. The molecule has 0 saturated carbocycles. The van der Waals surface area contributed by atoms with Crippen molar-refractivity contribution in [2.24, 2.45) is 11.8 Å². The number of hydrogen-bond donors (Lipinski definition) is 1. The van der Waals surface area contributed by atoms with Crippen molar-refractivity contribution in [2.75, 3.05) is 39.8 Å². The van der Waals surface area contributed by atoms with Crippen molar-refractivity contribution in [3.63, 3.8) is 0 Å². The van der Waals surface area contributed by atoms with Crippen LogP contribution in [0.1, 0.15) is 44.2 Å². The van der Waals surface area contributed by atoms with Crippen LogP contribution in [0.3, 0.4) is 0 Å². The molecule has 3 atom stereocenters. The number of halogens is 1. The fourth-order valence-electron chi connectivity index (χ4n) is 5.11. The molecule has 3 fully saturated rings. The van der Waals surface area contributed by atoms with Crippen LogP contribution < -0.4 is 10.1 Å². The zero-order valence-electron chi connectivity index (χ0n) is 20.5. The number of nitriles is 1. The summed E-state index contributed by atoms with van der Waals surface area (Å²) in [5.74, 6) is -1.74. The Hall–Kier alpha value is -2.75. The van der Waals surface area contributed by atoms with Gasteiger partial charge in [-0.15, -0.1) is 0 Å². The normalized spacial score (nSPS) is 24.6. The van der Waals surface area contributed by atoms with Gasteiger partial charge in [-0.3, -0.25) is 9.59 Å². The third-order valence-electron chi connectivity index (χ3n) is 7.29. The summed E-state index contributed by atoms with van der Waals surface area (Å²) in [5, 5.41) is 11.8. The number of rotatable bonds is 7. The first-order chi connectivity index (χ1) is 17.1. The van der Waals surface area contributed by atoms with Gasteiger partial charge in [-0.25, -0.2) is 4.39 Å². The first kappa shape index (κ1) is 26.3. The van der Waals surface area contributed by atoms with E-state index in [1.807, 2.05) is 0 Å². The van der Waals surface area contributed by atoms with E-state index in [1.165, 1.54) is 27.9 Å². The SMILES string of the molecule is COc1ccc(C(C)NC(=O)[C@H]2CCCN2C(=O)[C@H]2CCCN(S(=O)(=O)N3CC(C#N)C3)C2)cc1F. The van der Waals surface area contributed by atoms with Crippen molar-refractivity contribution in [3.8, 4) is 11.8 Å². The number of ether oxygens (including phenoxy) is 1. The number of hydrogen-bond acceptors (Lipinski definition) is 6. The summed E-state index contributed by atoms with van der Waals surface area (Å²) >= 11 is 0. The minimum atomic E-state index is -3.72. The Balaban J connectivity index is 1.38. The molecule has 12 heteroatoms. The van der Waals surface area contributed by atoms with Gasteiger partial charge in [-0.2, -0.15) is 22.3 Å². The molecule has 0 spiro atoms. The zero-order chi connectivity index (χ0) is 26.0. The summed E-state index contributed by atoms with van der Waals surface area (Å²) in [6.45, 7) is 2.94. The summed E-state index contributed by atoms with van der Waals surface area (Å²) in [4.78, 5) is 28.1. The lowest BCUT2D eigenvalue weighted by Gasteiger charge is -2.41. The number of nitrogens with zero attached hydrogens (tertiary/aromatic N) is 4. The lowest BCUT2D eigenvalue weighted by molar-refractivity contribution is -0.142. The number of likely N-dealkylation sites (tertiary alicyclic amines) is 1. The van der Waals surface area contributed by atoms with E-state index in [4.69, 9.17) is 10.00 Å². The van der Waals surface area contributed by atoms with Crippen molar-refractivity contribution < 1.29 is 27.1 Å². The molecule has 10 nitrogen and oxygen atoms in total. The average Bonchev–Trinajstić information content (AvgIpc) is 3.33. The first-order valence-electron chi connectivity index (χ1n) is 12.2. The highest BCUT2D eigenvalue weighted by molar-refractivity contribution is 7.86. The van der Waals surface area contributed by atoms with Gasteiger partial charge in [0.15, 0.2) is 11.6 Å². The van der Waals surface area contributed by atoms with Crippen LogP contribution in [0.25, 0.3) is 0 Å². The first-order valence-corrected chi connectivity index (χ1v) is 13.6. The van der Waals surface area contributed by atoms with Gasteiger partial charge in [-0.1, -0.05) is 6.07 Å². The Bertz CT molecular complexity index is 1150. The van der Waals surface area contributed by atoms with E-state index in [2.05, 4.69) is 11.4 Å². The van der Waals surface area contributed by atoms with Crippen molar-refractivity contribution in [1.82, 2.24) is 18.8 Å². The maximum absolute atomic E-state index is 14.1. The Morgan fingerprint density at radius 3 is 2.56 bits per heavy atom. The van der Waals surface area contributed by atoms with Gasteiger partial charge in [0.25, 0.3) is 10.2 Å². The molecule has 4 rings (SSSR count). The summed E-state index contributed by atoms with van der Waals surface area (Å²) in [6, 6.07) is 5.44. The fraction of sp³-hybridized carbons (Fsp3) is 0.625. The van der Waals surface area contributed by atoms with Crippen LogP contribution in [0.5, 0.6) is 5.75 Å². The second kappa shape index (κ2) is 10.7. The topological polar surface area (TPSA) is 123 Å². The predicted molar refractivity (Wildman–Crippen MR) is 128 cm³/mol. The van der Waals surface area contributed by atoms with Crippen molar-refractivity contribution in [1.29, 1.82) is 5.26 Å². The van der Waals surface area contributed by atoms with E-state index in [0.717, 1.165) is 0 Å². The van der Waals surface area contributed by atoms with Gasteiger partial charge in [0.1, 0.15) is 6.04 Å². The van der Waals surface area contributed by atoms with Crippen LogP contribution >= 0.6 is 0 Å². The maximum atomic E-state index is 14.1. The summed E-state index contributed by atoms with van der Waals surface area (Å²) in [5.41, 5.74) is 0.579. The van der Waals surface area contributed by atoms with Gasteiger partial charge in [0.05, 0.1) is 31.1 Å². The molecule has 1 aromatic rings. The van der Waals surface area contributed by atoms with E-state index >= 15 is 0 Å². The number of carbonyl (C=O) groups is 2. The fourth-order valence-corrected chi connectivity index (χ4v) is 6.90. The molecule has 3 heterocycles. The number of piperidine rings is 1. The van der Waals surface area contributed by atoms with E-state index in [1.54, 1.807) is 17.9 Å². The van der Waals surface area contributed by atoms with Gasteiger partial charge < -0.3 is 15.0 Å². The third-order valence-corrected chi connectivity index (χ3v) is 9.22. The van der Waals surface area contributed by atoms with Crippen LogP contribution in [0, 0.1) is 29.0 Å². The second-order valence-corrected chi connectivity index (χ2v) is 11.6. The van der Waals surface area contributed by atoms with Crippen molar-refractivity contribution in [2.45, 2.75) is 44.7 Å². The quantitative estimate of drug-likeness (QED) is 0.579. The molecule has 36 heavy (non-hydrogen) atoms. The smallest absolute Gasteiger partial charge is 0.282 e. The number of amides is 2. The van der Waals surface area contributed by atoms with Gasteiger partial charge in [0.2, 0.25) is 11.8 Å². The standard InChI is InChI=1S/C24H32FN5O5S/c1-16(18-7-8-22(35-2)20(25)11-18)27-23(31)21-6-4-10-30(21)24(32)19-5-3-9-28(15-19)36(33,34)29-13-17(12-26)14-29/h7-8,11,16-17,19,21H,3-6,9-10,13-15H2,1-2H3,(H,27,31)/t16?,19-,21+/m0/s1. The number of nitrogens with one attached hydrogen (secondary N) is 1. The van der Waals surface area contributed by atoms with E-state index in [-0.39, 0.29) is 43.1 Å². The molecule has 2 amide bonds. The minimum Gasteiger partial charge on any atom is -0.494 e. The average molecular weight is 522 g/mol. The molecular formula is C24H32FN5O5S. The Kier molecular flexibility index (Phi) is 7.82. The minimum absolute atomic E-state index is 0.0707. The van der Waals surface area contributed by atoms with Crippen LogP contribution in [0.15, 0.2) is 18.2 Å². The van der Waals surface area contributed by atoms with Crippen molar-refractivity contribution >= 4 is 22.0 Å². The molecular weight excluding hydrogens is 489 g/mol. The van der Waals surface area contributed by atoms with Gasteiger partial charge in [0, 0.05) is 32.7 Å². The van der Waals surface area contributed by atoms with Gasteiger partial charge in [-0.05, 0) is 50.3 Å². The highest BCUT2D eigenvalue weighted by atomic mass is 32.2. The molecule has 3 aliphatic rings. The molecule has 0 aromatic heterocycles. The molecule has 3 aliphatic heterocycles. The molecule has 1 unspecified atom stereocenters. The number of methoxy groups -OCH3 is 1. The number of carbonyl (C=O) groups excluding carboxylic acids is 2. The van der Waals surface area contributed by atoms with E-state index in [0.29, 0.717) is 44.3 Å². The van der Waals surface area contributed by atoms with Crippen molar-refractivity contribution in [3.05, 3.63) is 29.6 Å². The third kappa shape index (κ3) is 5.19. The molecule has 3 saturated heterocycles. The second-order valence-electron chi connectivity index (χ2n) is 9.66. The van der Waals surface area contributed by atoms with Crippen LogP contribution in [0.4, 0.5) is 4.39 Å². The van der Waals surface area contributed by atoms with Crippen LogP contribution in [0.2, 0.25) is 0 Å². The summed E-state index contributed by atoms with van der Waals surface area (Å²) < 4.78 is 47.5. The molecule has 0 bridgehead atoms. The molecule has 0 aliphatic carbocycles. The molecule has 1 N–H and O–H groups in total. The maximum Gasteiger partial charge on any atom is 0.282 e. The highest BCUT2D eigenvalue weighted by Gasteiger charge is 2.44. The largest absolute Gasteiger partial charge is 0.494 e. The van der Waals surface area contributed by atoms with E-state index < -0.39 is 34.0 Å². The molecule has 196 valence electrons. The molecule has 0 radical (unpaired) electrons. The molecule has 1 aromatic carbocycles. The monoisotopic (exact) mass is 521 g/mol. The van der Waals surface area contributed by atoms with Crippen LogP contribution in [-0.4, -0.2) is 79.6 Å². The lowest BCUT2D eigenvalue weighted by Crippen LogP contribution is -2.57. The van der Waals surface area contributed by atoms with Crippen LogP contribution in [-0.2, 0) is 19.8 Å². The predicted octanol–water partition coefficient (Wildman–Crippen LogP) is 1.41. The Morgan fingerprint density at radius 2 is 1.89 bits per heavy atom. The highest BCUT2D eigenvalue weighted by Crippen LogP contribution is 2.29. The summed E-state index contributed by atoms with van der Waals surface area (Å²) in [7, 11) is -2.34. The number of benzene rings is 1. The Labute approximate surface area is 211 Å². The lowest BCUT2D eigenvalue weighted by atomic mass is 9.97.